The average molecular weight is 179 g/mol. The molecule has 0 amide bonds. The second-order valence-electron chi connectivity index (χ2n) is 2.81. The SMILES string of the molecule is NC1C(O)OC(CO)[C@@H](O)C1O. The van der Waals surface area contributed by atoms with Gasteiger partial charge in [-0.2, -0.15) is 0 Å². The fourth-order valence-electron chi connectivity index (χ4n) is 1.12. The summed E-state index contributed by atoms with van der Waals surface area (Å²) in [5.41, 5.74) is 5.26. The third-order valence-corrected chi connectivity index (χ3v) is 1.95. The molecule has 1 aliphatic heterocycles. The predicted octanol–water partition coefficient (Wildman–Crippen LogP) is -3.25. The Bertz CT molecular complexity index is 150. The lowest BCUT2D eigenvalue weighted by Gasteiger charge is -2.38. The molecule has 0 aromatic heterocycles. The minimum atomic E-state index is -1.35. The second-order valence-corrected chi connectivity index (χ2v) is 2.81. The molecule has 0 radical (unpaired) electrons. The monoisotopic (exact) mass is 179 g/mol. The van der Waals surface area contributed by atoms with E-state index in [-0.39, 0.29) is 0 Å². The number of aliphatic hydroxyl groups is 4. The van der Waals surface area contributed by atoms with Gasteiger partial charge in [-0.3, -0.25) is 0 Å². The number of hydrogen-bond acceptors (Lipinski definition) is 6. The Labute approximate surface area is 69.2 Å². The van der Waals surface area contributed by atoms with E-state index in [0.29, 0.717) is 0 Å². The first-order chi connectivity index (χ1) is 5.57. The van der Waals surface area contributed by atoms with Crippen molar-refractivity contribution in [2.45, 2.75) is 30.6 Å². The highest BCUT2D eigenvalue weighted by molar-refractivity contribution is 4.90. The molecule has 5 atom stereocenters. The summed E-state index contributed by atoms with van der Waals surface area (Å²) in [6, 6.07) is -1.04. The summed E-state index contributed by atoms with van der Waals surface area (Å²) in [5.74, 6) is 0. The Morgan fingerprint density at radius 3 is 2.25 bits per heavy atom. The second kappa shape index (κ2) is 3.65. The fraction of sp³-hybridized carbons (Fsp3) is 1.00. The van der Waals surface area contributed by atoms with Crippen LogP contribution in [0.4, 0.5) is 0 Å². The van der Waals surface area contributed by atoms with Crippen LogP contribution in [0.2, 0.25) is 0 Å². The van der Waals surface area contributed by atoms with E-state index < -0.39 is 37.3 Å². The molecule has 0 bridgehead atoms. The van der Waals surface area contributed by atoms with E-state index in [1.807, 2.05) is 0 Å². The van der Waals surface area contributed by atoms with Crippen LogP contribution in [0, 0.1) is 0 Å². The summed E-state index contributed by atoms with van der Waals surface area (Å²) in [4.78, 5) is 0. The van der Waals surface area contributed by atoms with Crippen molar-refractivity contribution in [2.24, 2.45) is 5.73 Å². The lowest BCUT2D eigenvalue weighted by Crippen LogP contribution is -2.61. The molecule has 1 rings (SSSR count). The summed E-state index contributed by atoms with van der Waals surface area (Å²) in [7, 11) is 0. The van der Waals surface area contributed by atoms with Crippen molar-refractivity contribution in [1.82, 2.24) is 0 Å². The fourth-order valence-corrected chi connectivity index (χ4v) is 1.12. The van der Waals surface area contributed by atoms with Gasteiger partial charge in [-0.1, -0.05) is 0 Å². The first kappa shape index (κ1) is 9.85. The first-order valence-electron chi connectivity index (χ1n) is 3.64. The van der Waals surface area contributed by atoms with Crippen molar-refractivity contribution in [3.63, 3.8) is 0 Å². The van der Waals surface area contributed by atoms with Crippen LogP contribution in [0.5, 0.6) is 0 Å². The predicted molar refractivity (Wildman–Crippen MR) is 38.0 cm³/mol. The Morgan fingerprint density at radius 1 is 1.17 bits per heavy atom. The van der Waals surface area contributed by atoms with Crippen molar-refractivity contribution in [3.8, 4) is 0 Å². The van der Waals surface area contributed by atoms with Crippen LogP contribution < -0.4 is 5.73 Å². The molecule has 72 valence electrons. The van der Waals surface area contributed by atoms with Gasteiger partial charge in [0.1, 0.15) is 18.3 Å². The van der Waals surface area contributed by atoms with Crippen LogP contribution in [0.15, 0.2) is 0 Å². The number of hydrogen-bond donors (Lipinski definition) is 5. The van der Waals surface area contributed by atoms with Crippen LogP contribution in [0.3, 0.4) is 0 Å². The van der Waals surface area contributed by atoms with Gasteiger partial charge in [-0.05, 0) is 0 Å². The third kappa shape index (κ3) is 1.58. The van der Waals surface area contributed by atoms with E-state index in [2.05, 4.69) is 0 Å². The van der Waals surface area contributed by atoms with Gasteiger partial charge in [0.2, 0.25) is 0 Å². The molecule has 0 saturated carbocycles. The van der Waals surface area contributed by atoms with Gasteiger partial charge in [-0.25, -0.2) is 0 Å². The summed E-state index contributed by atoms with van der Waals surface area (Å²) < 4.78 is 4.70. The lowest BCUT2D eigenvalue weighted by atomic mass is 9.98. The molecule has 12 heavy (non-hydrogen) atoms. The zero-order valence-electron chi connectivity index (χ0n) is 6.37. The summed E-state index contributed by atoms with van der Waals surface area (Å²) in [6.07, 6.45) is -4.85. The van der Waals surface area contributed by atoms with Crippen LogP contribution >= 0.6 is 0 Å². The first-order valence-corrected chi connectivity index (χ1v) is 3.64. The Morgan fingerprint density at radius 2 is 1.75 bits per heavy atom. The molecule has 0 aliphatic carbocycles. The highest BCUT2D eigenvalue weighted by atomic mass is 16.6. The highest BCUT2D eigenvalue weighted by Gasteiger charge is 2.41. The smallest absolute Gasteiger partial charge is 0.173 e. The topological polar surface area (TPSA) is 116 Å². The van der Waals surface area contributed by atoms with Gasteiger partial charge in [-0.15, -0.1) is 0 Å². The Kier molecular flexibility index (Phi) is 2.99. The van der Waals surface area contributed by atoms with E-state index in [9.17, 15) is 10.2 Å². The minimum Gasteiger partial charge on any atom is -0.394 e. The largest absolute Gasteiger partial charge is 0.394 e. The van der Waals surface area contributed by atoms with Gasteiger partial charge >= 0.3 is 0 Å². The summed E-state index contributed by atoms with van der Waals surface area (Å²) in [6.45, 7) is -0.470. The minimum absolute atomic E-state index is 0.470. The van der Waals surface area contributed by atoms with Gasteiger partial charge < -0.3 is 30.9 Å². The lowest BCUT2D eigenvalue weighted by molar-refractivity contribution is -0.248. The van der Waals surface area contributed by atoms with Crippen LogP contribution in [-0.2, 0) is 4.74 Å². The maximum atomic E-state index is 9.20. The van der Waals surface area contributed by atoms with Crippen LogP contribution in [0.25, 0.3) is 0 Å². The number of nitrogens with two attached hydrogens (primary N) is 1. The molecule has 1 fully saturated rings. The van der Waals surface area contributed by atoms with Gasteiger partial charge in [0, 0.05) is 0 Å². The molecule has 6 heteroatoms. The Hall–Kier alpha value is -0.240. The molecule has 0 spiro atoms. The molecule has 6 nitrogen and oxygen atoms in total. The van der Waals surface area contributed by atoms with E-state index in [4.69, 9.17) is 20.7 Å². The van der Waals surface area contributed by atoms with Crippen molar-refractivity contribution in [3.05, 3.63) is 0 Å². The van der Waals surface area contributed by atoms with Crippen LogP contribution in [-0.4, -0.2) is 57.7 Å². The highest BCUT2D eigenvalue weighted by Crippen LogP contribution is 2.17. The van der Waals surface area contributed by atoms with Gasteiger partial charge in [0.05, 0.1) is 12.6 Å². The molecule has 1 saturated heterocycles. The molecule has 0 aromatic rings. The van der Waals surface area contributed by atoms with Crippen molar-refractivity contribution in [1.29, 1.82) is 0 Å². The molecule has 1 aliphatic rings. The number of ether oxygens (including phenoxy) is 1. The molecular formula is C6H13NO5. The maximum absolute atomic E-state index is 9.20. The molecule has 1 heterocycles. The summed E-state index contributed by atoms with van der Waals surface area (Å²) >= 11 is 0. The van der Waals surface area contributed by atoms with E-state index >= 15 is 0 Å². The average Bonchev–Trinajstić information content (AvgIpc) is 2.08. The normalized spacial score (nSPS) is 49.2. The molecule has 0 aromatic carbocycles. The zero-order chi connectivity index (χ0) is 9.30. The number of aliphatic hydroxyl groups excluding tert-OH is 4. The van der Waals surface area contributed by atoms with Gasteiger partial charge in [0.25, 0.3) is 0 Å². The molecular weight excluding hydrogens is 166 g/mol. The zero-order valence-corrected chi connectivity index (χ0v) is 6.37. The maximum Gasteiger partial charge on any atom is 0.173 e. The van der Waals surface area contributed by atoms with E-state index in [1.54, 1.807) is 0 Å². The Balaban J connectivity index is 2.63. The van der Waals surface area contributed by atoms with Crippen LogP contribution in [0.1, 0.15) is 0 Å². The number of rotatable bonds is 1. The van der Waals surface area contributed by atoms with Crippen molar-refractivity contribution < 1.29 is 25.2 Å². The van der Waals surface area contributed by atoms with E-state index in [1.165, 1.54) is 0 Å². The van der Waals surface area contributed by atoms with Gasteiger partial charge in [0.15, 0.2) is 6.29 Å². The third-order valence-electron chi connectivity index (χ3n) is 1.95. The van der Waals surface area contributed by atoms with Crippen molar-refractivity contribution in [2.75, 3.05) is 6.61 Å². The molecule has 6 N–H and O–H groups in total. The molecule has 4 unspecified atom stereocenters. The standard InChI is InChI=1S/C6H13NO5/c7-3-5(10)4(9)2(1-8)12-6(3)11/h2-6,8-11H,1,7H2/t2?,3?,4-,5?,6?/m1/s1. The van der Waals surface area contributed by atoms with E-state index in [0.717, 1.165) is 0 Å². The quantitative estimate of drug-likeness (QED) is 0.288. The summed E-state index contributed by atoms with van der Waals surface area (Å²) in [5, 5.41) is 36.1. The van der Waals surface area contributed by atoms with Crippen molar-refractivity contribution >= 4 is 0 Å².